The summed E-state index contributed by atoms with van der Waals surface area (Å²) in [5.74, 6) is 1.20. The van der Waals surface area contributed by atoms with E-state index in [0.717, 1.165) is 25.1 Å². The molecule has 2 aliphatic rings. The highest BCUT2D eigenvalue weighted by Gasteiger charge is 2.55. The Hall–Kier alpha value is -3.10. The molecule has 5 rings (SSSR count). The Morgan fingerprint density at radius 3 is 2.60 bits per heavy atom. The molecule has 4 heterocycles. The number of carbonyl (C=O) groups is 1. The Bertz CT molecular complexity index is 1220. The van der Waals surface area contributed by atoms with Crippen LogP contribution in [0.5, 0.6) is 0 Å². The van der Waals surface area contributed by atoms with Crippen molar-refractivity contribution in [1.82, 2.24) is 25.3 Å². The zero-order chi connectivity index (χ0) is 24.8. The molecule has 35 heavy (non-hydrogen) atoms. The molecule has 3 aromatic rings. The van der Waals surface area contributed by atoms with E-state index in [-0.39, 0.29) is 17.2 Å². The smallest absolute Gasteiger partial charge is 0.230 e. The Balaban J connectivity index is 1.52. The molecule has 2 N–H and O–H groups in total. The van der Waals surface area contributed by atoms with E-state index >= 15 is 0 Å². The molecule has 2 saturated heterocycles. The van der Waals surface area contributed by atoms with Gasteiger partial charge in [0.1, 0.15) is 5.60 Å². The number of nitrogens with one attached hydrogen (secondary N) is 1. The van der Waals surface area contributed by atoms with Crippen LogP contribution in [0.2, 0.25) is 0 Å². The van der Waals surface area contributed by atoms with Gasteiger partial charge in [-0.05, 0) is 36.6 Å². The molecular weight excluding hydrogens is 442 g/mol. The van der Waals surface area contributed by atoms with Crippen LogP contribution in [0, 0.1) is 5.41 Å². The van der Waals surface area contributed by atoms with Crippen molar-refractivity contribution < 1.29 is 14.4 Å². The summed E-state index contributed by atoms with van der Waals surface area (Å²) in [7, 11) is 2.06. The van der Waals surface area contributed by atoms with Crippen LogP contribution >= 0.6 is 0 Å². The topological polar surface area (TPSA) is 104 Å². The number of hydrogen-bond donors (Lipinski definition) is 2. The lowest BCUT2D eigenvalue weighted by Crippen LogP contribution is -2.63. The fourth-order valence-corrected chi connectivity index (χ4v) is 5.62. The number of carbonyl (C=O) groups excluding carboxylic acids is 1. The average Bonchev–Trinajstić information content (AvgIpc) is 3.33. The molecule has 0 aliphatic carbocycles. The van der Waals surface area contributed by atoms with Crippen molar-refractivity contribution in [1.29, 1.82) is 0 Å². The zero-order valence-electron chi connectivity index (χ0n) is 20.8. The van der Waals surface area contributed by atoms with Gasteiger partial charge in [-0.1, -0.05) is 50.2 Å². The average molecular weight is 476 g/mol. The number of pyridine rings is 1. The van der Waals surface area contributed by atoms with Gasteiger partial charge in [-0.25, -0.2) is 0 Å². The number of hydrogen-bond acceptors (Lipinski definition) is 7. The van der Waals surface area contributed by atoms with E-state index in [1.165, 1.54) is 5.56 Å². The minimum absolute atomic E-state index is 0.00285. The minimum Gasteiger partial charge on any atom is -0.380 e. The second-order valence-electron chi connectivity index (χ2n) is 10.7. The summed E-state index contributed by atoms with van der Waals surface area (Å²) >= 11 is 0. The fourth-order valence-electron chi connectivity index (χ4n) is 5.62. The molecule has 2 fully saturated rings. The number of likely N-dealkylation sites (tertiary alicyclic amines) is 1. The number of amides is 1. The van der Waals surface area contributed by atoms with Crippen molar-refractivity contribution in [3.05, 3.63) is 65.3 Å². The predicted molar refractivity (Wildman–Crippen MR) is 132 cm³/mol. The van der Waals surface area contributed by atoms with Crippen LogP contribution in [-0.4, -0.2) is 57.7 Å². The van der Waals surface area contributed by atoms with Gasteiger partial charge in [0, 0.05) is 60.9 Å². The Morgan fingerprint density at radius 1 is 1.20 bits per heavy atom. The maximum absolute atomic E-state index is 12.4. The van der Waals surface area contributed by atoms with Gasteiger partial charge in [0.2, 0.25) is 17.6 Å². The number of rotatable bonds is 6. The molecule has 8 heteroatoms. The first-order chi connectivity index (χ1) is 16.7. The second kappa shape index (κ2) is 8.84. The highest BCUT2D eigenvalue weighted by atomic mass is 16.5. The maximum atomic E-state index is 12.4. The largest absolute Gasteiger partial charge is 0.380 e. The highest BCUT2D eigenvalue weighted by molar-refractivity contribution is 5.77. The van der Waals surface area contributed by atoms with Gasteiger partial charge in [0.15, 0.2) is 0 Å². The summed E-state index contributed by atoms with van der Waals surface area (Å²) in [6.07, 6.45) is 4.53. The monoisotopic (exact) mass is 475 g/mol. The summed E-state index contributed by atoms with van der Waals surface area (Å²) in [5, 5.41) is 19.4. The van der Waals surface area contributed by atoms with Gasteiger partial charge in [-0.15, -0.1) is 0 Å². The summed E-state index contributed by atoms with van der Waals surface area (Å²) in [6.45, 7) is 8.57. The number of benzene rings is 1. The first kappa shape index (κ1) is 23.6. The molecule has 0 radical (unpaired) electrons. The van der Waals surface area contributed by atoms with Gasteiger partial charge in [0.05, 0.1) is 0 Å². The number of aliphatic hydroxyl groups is 1. The van der Waals surface area contributed by atoms with E-state index in [9.17, 15) is 9.90 Å². The molecular formula is C27H33N5O3. The molecule has 0 spiro atoms. The van der Waals surface area contributed by atoms with E-state index in [1.54, 1.807) is 12.4 Å². The fraction of sp³-hybridized carbons (Fsp3) is 0.481. The molecule has 2 aromatic heterocycles. The quantitative estimate of drug-likeness (QED) is 0.563. The van der Waals surface area contributed by atoms with Crippen molar-refractivity contribution in [3.63, 3.8) is 0 Å². The number of nitrogens with zero attached hydrogens (tertiary/aromatic N) is 4. The molecule has 0 bridgehead atoms. The molecule has 1 amide bonds. The Morgan fingerprint density at radius 2 is 1.94 bits per heavy atom. The van der Waals surface area contributed by atoms with E-state index in [0.29, 0.717) is 41.7 Å². The summed E-state index contributed by atoms with van der Waals surface area (Å²) in [6, 6.07) is 10.2. The van der Waals surface area contributed by atoms with Crippen molar-refractivity contribution >= 4 is 5.91 Å². The van der Waals surface area contributed by atoms with Crippen molar-refractivity contribution in [3.8, 4) is 11.4 Å². The van der Waals surface area contributed by atoms with Crippen LogP contribution in [0.15, 0.2) is 47.2 Å². The van der Waals surface area contributed by atoms with Crippen LogP contribution in [-0.2, 0) is 10.4 Å². The highest BCUT2D eigenvalue weighted by Crippen LogP contribution is 2.50. The van der Waals surface area contributed by atoms with Crippen LogP contribution in [0.1, 0.15) is 68.0 Å². The first-order valence-corrected chi connectivity index (χ1v) is 12.3. The van der Waals surface area contributed by atoms with Gasteiger partial charge >= 0.3 is 0 Å². The number of piperidine rings is 1. The zero-order valence-corrected chi connectivity index (χ0v) is 20.8. The molecule has 1 aromatic carbocycles. The molecule has 0 unspecified atom stereocenters. The van der Waals surface area contributed by atoms with E-state index in [4.69, 9.17) is 4.52 Å². The lowest BCUT2D eigenvalue weighted by molar-refractivity contribution is -0.127. The third kappa shape index (κ3) is 4.15. The Labute approximate surface area is 205 Å². The molecule has 2 atom stereocenters. The van der Waals surface area contributed by atoms with Crippen molar-refractivity contribution in [2.45, 2.75) is 51.0 Å². The first-order valence-electron chi connectivity index (χ1n) is 12.3. The van der Waals surface area contributed by atoms with Gasteiger partial charge in [0.25, 0.3) is 0 Å². The lowest BCUT2D eigenvalue weighted by Gasteiger charge is -2.55. The van der Waals surface area contributed by atoms with Gasteiger partial charge in [-0.2, -0.15) is 4.98 Å². The SMILES string of the molecule is CC(C)c1ccc([C@](O)(c2cncc(-c3noc([C@H]4CCNC(=O)C4)n3)c2)C2(C)CN(C)C2)cc1. The van der Waals surface area contributed by atoms with Crippen molar-refractivity contribution in [2.75, 3.05) is 26.7 Å². The predicted octanol–water partition coefficient (Wildman–Crippen LogP) is 3.44. The van der Waals surface area contributed by atoms with E-state index < -0.39 is 5.60 Å². The Kier molecular flexibility index (Phi) is 5.97. The molecule has 0 saturated carbocycles. The van der Waals surface area contributed by atoms with E-state index in [1.807, 2.05) is 18.2 Å². The van der Waals surface area contributed by atoms with Crippen molar-refractivity contribution in [2.24, 2.45) is 5.41 Å². The summed E-state index contributed by atoms with van der Waals surface area (Å²) in [5.41, 5.74) is 1.82. The number of aromatic nitrogens is 3. The molecule has 2 aliphatic heterocycles. The van der Waals surface area contributed by atoms with E-state index in [2.05, 4.69) is 65.3 Å². The molecule has 184 valence electrons. The lowest BCUT2D eigenvalue weighted by atomic mass is 9.62. The standard InChI is InChI=1S/C27H33N5O3/c1-17(2)18-5-7-21(8-6-18)27(34,26(3)15-32(4)16-26)22-11-20(13-28-14-22)24-30-25(35-31-24)19-9-10-29-23(33)12-19/h5-8,11,13-14,17,19,34H,9-10,12,15-16H2,1-4H3,(H,29,33)/t19-,27-/m0/s1. The van der Waals surface area contributed by atoms with Crippen LogP contribution in [0.25, 0.3) is 11.4 Å². The van der Waals surface area contributed by atoms with Gasteiger partial charge in [-0.3, -0.25) is 9.78 Å². The normalized spacial score (nSPS) is 21.9. The van der Waals surface area contributed by atoms with Gasteiger partial charge < -0.3 is 19.8 Å². The van der Waals surface area contributed by atoms with Crippen LogP contribution < -0.4 is 5.32 Å². The van der Waals surface area contributed by atoms with Crippen LogP contribution in [0.3, 0.4) is 0 Å². The third-order valence-electron chi connectivity index (χ3n) is 7.56. The molecule has 8 nitrogen and oxygen atoms in total. The maximum Gasteiger partial charge on any atom is 0.230 e. The van der Waals surface area contributed by atoms with Crippen LogP contribution in [0.4, 0.5) is 0 Å². The minimum atomic E-state index is -1.24. The summed E-state index contributed by atoms with van der Waals surface area (Å²) < 4.78 is 5.53. The third-order valence-corrected chi connectivity index (χ3v) is 7.56. The second-order valence-corrected chi connectivity index (χ2v) is 10.7. The summed E-state index contributed by atoms with van der Waals surface area (Å²) in [4.78, 5) is 23.0.